The smallest absolute Gasteiger partial charge is 0.313 e. The van der Waals surface area contributed by atoms with Crippen LogP contribution in [0.25, 0.3) is 0 Å². The number of carboxylic acids is 1. The lowest BCUT2D eigenvalue weighted by Gasteiger charge is -2.28. The van der Waals surface area contributed by atoms with Gasteiger partial charge in [0.15, 0.2) is 5.16 Å². The van der Waals surface area contributed by atoms with Gasteiger partial charge in [-0.15, -0.1) is 10.2 Å². The standard InChI is InChI=1S/C14H26N4O2S/c1-9(2)11(7-17(5)6)18-13(10(3)4)15-16-14(18)21-8-12(19)20/h9-11H,7-8H2,1-6H3,(H,19,20). The molecule has 0 amide bonds. The predicted octanol–water partition coefficient (Wildman–Crippen LogP) is 2.34. The molecule has 1 aromatic rings. The molecule has 6 nitrogen and oxygen atoms in total. The number of hydrogen-bond acceptors (Lipinski definition) is 5. The van der Waals surface area contributed by atoms with Crippen LogP contribution in [0.2, 0.25) is 0 Å². The summed E-state index contributed by atoms with van der Waals surface area (Å²) in [5, 5.41) is 18.1. The van der Waals surface area contributed by atoms with Gasteiger partial charge in [0, 0.05) is 12.5 Å². The van der Waals surface area contributed by atoms with Gasteiger partial charge in [0.2, 0.25) is 0 Å². The van der Waals surface area contributed by atoms with Crippen LogP contribution in [0.1, 0.15) is 45.5 Å². The molecule has 1 N–H and O–H groups in total. The Bertz CT molecular complexity index is 472. The Morgan fingerprint density at radius 2 is 1.90 bits per heavy atom. The van der Waals surface area contributed by atoms with E-state index in [0.717, 1.165) is 12.4 Å². The molecule has 0 fully saturated rings. The van der Waals surface area contributed by atoms with Gasteiger partial charge in [0.1, 0.15) is 5.82 Å². The van der Waals surface area contributed by atoms with E-state index in [0.29, 0.717) is 11.1 Å². The first-order valence-corrected chi connectivity index (χ1v) is 8.16. The molecule has 0 saturated heterocycles. The van der Waals surface area contributed by atoms with Crippen molar-refractivity contribution in [2.24, 2.45) is 5.92 Å². The second-order valence-corrected chi connectivity index (χ2v) is 7.06. The maximum atomic E-state index is 10.8. The maximum absolute atomic E-state index is 10.8. The average molecular weight is 314 g/mol. The highest BCUT2D eigenvalue weighted by Crippen LogP contribution is 2.29. The molecule has 0 aromatic carbocycles. The largest absolute Gasteiger partial charge is 0.481 e. The molecule has 1 unspecified atom stereocenters. The number of aliphatic carboxylic acids is 1. The Morgan fingerprint density at radius 3 is 2.33 bits per heavy atom. The summed E-state index contributed by atoms with van der Waals surface area (Å²) in [7, 11) is 4.08. The summed E-state index contributed by atoms with van der Waals surface area (Å²) in [5.41, 5.74) is 0. The average Bonchev–Trinajstić information content (AvgIpc) is 2.76. The lowest BCUT2D eigenvalue weighted by atomic mass is 10.0. The van der Waals surface area contributed by atoms with Crippen molar-refractivity contribution in [1.29, 1.82) is 0 Å². The molecule has 0 aliphatic rings. The minimum Gasteiger partial charge on any atom is -0.481 e. The number of rotatable bonds is 8. The van der Waals surface area contributed by atoms with Crippen LogP contribution in [0.3, 0.4) is 0 Å². The van der Waals surface area contributed by atoms with Gasteiger partial charge in [0.25, 0.3) is 0 Å². The molecule has 120 valence electrons. The van der Waals surface area contributed by atoms with Crippen molar-refractivity contribution in [1.82, 2.24) is 19.7 Å². The zero-order valence-corrected chi connectivity index (χ0v) is 14.5. The highest BCUT2D eigenvalue weighted by molar-refractivity contribution is 7.99. The molecule has 21 heavy (non-hydrogen) atoms. The van der Waals surface area contributed by atoms with Gasteiger partial charge in [-0.05, 0) is 20.0 Å². The molecule has 1 rings (SSSR count). The molecule has 1 aromatic heterocycles. The van der Waals surface area contributed by atoms with Gasteiger partial charge in [-0.3, -0.25) is 4.79 Å². The van der Waals surface area contributed by atoms with Crippen LogP contribution in [0.15, 0.2) is 5.16 Å². The second kappa shape index (κ2) is 7.79. The van der Waals surface area contributed by atoms with Crippen molar-refractivity contribution >= 4 is 17.7 Å². The fourth-order valence-corrected chi connectivity index (χ4v) is 2.90. The van der Waals surface area contributed by atoms with E-state index >= 15 is 0 Å². The molecule has 0 radical (unpaired) electrons. The molecule has 0 bridgehead atoms. The van der Waals surface area contributed by atoms with E-state index in [4.69, 9.17) is 5.11 Å². The summed E-state index contributed by atoms with van der Waals surface area (Å²) >= 11 is 1.24. The lowest BCUT2D eigenvalue weighted by molar-refractivity contribution is -0.133. The van der Waals surface area contributed by atoms with Crippen LogP contribution in [-0.4, -0.2) is 57.1 Å². The van der Waals surface area contributed by atoms with E-state index in [-0.39, 0.29) is 17.7 Å². The second-order valence-electron chi connectivity index (χ2n) is 6.12. The fraction of sp³-hybridized carbons (Fsp3) is 0.786. The van der Waals surface area contributed by atoms with E-state index < -0.39 is 5.97 Å². The van der Waals surface area contributed by atoms with Crippen molar-refractivity contribution in [2.45, 2.75) is 44.8 Å². The van der Waals surface area contributed by atoms with Crippen LogP contribution in [-0.2, 0) is 4.79 Å². The molecular formula is C14H26N4O2S. The van der Waals surface area contributed by atoms with Crippen LogP contribution < -0.4 is 0 Å². The third-order valence-electron chi connectivity index (χ3n) is 3.19. The molecule has 1 heterocycles. The Kier molecular flexibility index (Phi) is 6.67. The van der Waals surface area contributed by atoms with Gasteiger partial charge in [0.05, 0.1) is 11.8 Å². The van der Waals surface area contributed by atoms with Crippen LogP contribution in [0.4, 0.5) is 0 Å². The van der Waals surface area contributed by atoms with Crippen molar-refractivity contribution in [3.05, 3.63) is 5.82 Å². The number of aromatic nitrogens is 3. The van der Waals surface area contributed by atoms with Gasteiger partial charge in [-0.25, -0.2) is 0 Å². The Labute approximate surface area is 130 Å². The zero-order chi connectivity index (χ0) is 16.2. The summed E-state index contributed by atoms with van der Waals surface area (Å²) in [6, 6.07) is 0.226. The van der Waals surface area contributed by atoms with Crippen LogP contribution in [0, 0.1) is 5.92 Å². The summed E-state index contributed by atoms with van der Waals surface area (Å²) < 4.78 is 2.13. The fourth-order valence-electron chi connectivity index (χ4n) is 2.18. The first-order chi connectivity index (χ1) is 9.73. The number of carbonyl (C=O) groups is 1. The van der Waals surface area contributed by atoms with Gasteiger partial charge < -0.3 is 14.6 Å². The molecular weight excluding hydrogens is 288 g/mol. The molecule has 0 spiro atoms. The minimum atomic E-state index is -0.839. The summed E-state index contributed by atoms with van der Waals surface area (Å²) in [5.74, 6) is 0.742. The molecule has 0 aliphatic heterocycles. The number of thioether (sulfide) groups is 1. The summed E-state index contributed by atoms with van der Waals surface area (Å²) in [4.78, 5) is 13.0. The van der Waals surface area contributed by atoms with Gasteiger partial charge in [-0.2, -0.15) is 0 Å². The molecule has 0 aliphatic carbocycles. The Hall–Kier alpha value is -1.08. The SMILES string of the molecule is CC(C)c1nnc(SCC(=O)O)n1C(CN(C)C)C(C)C. The predicted molar refractivity (Wildman–Crippen MR) is 84.9 cm³/mol. The molecule has 7 heteroatoms. The van der Waals surface area contributed by atoms with Crippen molar-refractivity contribution in [3.8, 4) is 0 Å². The van der Waals surface area contributed by atoms with E-state index in [1.54, 1.807) is 0 Å². The van der Waals surface area contributed by atoms with Crippen molar-refractivity contribution in [3.63, 3.8) is 0 Å². The van der Waals surface area contributed by atoms with Gasteiger partial charge in [-0.1, -0.05) is 39.5 Å². The first-order valence-electron chi connectivity index (χ1n) is 7.18. The van der Waals surface area contributed by atoms with E-state index in [9.17, 15) is 4.79 Å². The topological polar surface area (TPSA) is 71.2 Å². The molecule has 1 atom stereocenters. The first kappa shape index (κ1) is 18.0. The number of carboxylic acid groups (broad SMARTS) is 1. The van der Waals surface area contributed by atoms with E-state index in [2.05, 4.69) is 47.4 Å². The van der Waals surface area contributed by atoms with Crippen LogP contribution >= 0.6 is 11.8 Å². The van der Waals surface area contributed by atoms with E-state index in [1.807, 2.05) is 14.1 Å². The molecule has 0 saturated carbocycles. The maximum Gasteiger partial charge on any atom is 0.313 e. The van der Waals surface area contributed by atoms with Gasteiger partial charge >= 0.3 is 5.97 Å². The number of likely N-dealkylation sites (N-methyl/N-ethyl adjacent to an activating group) is 1. The highest BCUT2D eigenvalue weighted by Gasteiger charge is 2.25. The van der Waals surface area contributed by atoms with Crippen molar-refractivity contribution in [2.75, 3.05) is 26.4 Å². The number of hydrogen-bond donors (Lipinski definition) is 1. The summed E-state index contributed by atoms with van der Waals surface area (Å²) in [6.45, 7) is 9.38. The third-order valence-corrected chi connectivity index (χ3v) is 4.11. The third kappa shape index (κ3) is 5.00. The monoisotopic (exact) mass is 314 g/mol. The quantitative estimate of drug-likeness (QED) is 0.743. The lowest BCUT2D eigenvalue weighted by Crippen LogP contribution is -2.30. The number of nitrogens with zero attached hydrogens (tertiary/aromatic N) is 4. The zero-order valence-electron chi connectivity index (χ0n) is 13.7. The summed E-state index contributed by atoms with van der Waals surface area (Å²) in [6.07, 6.45) is 0. The highest BCUT2D eigenvalue weighted by atomic mass is 32.2. The van der Waals surface area contributed by atoms with Crippen LogP contribution in [0.5, 0.6) is 0 Å². The van der Waals surface area contributed by atoms with Crippen molar-refractivity contribution < 1.29 is 9.90 Å². The van der Waals surface area contributed by atoms with E-state index in [1.165, 1.54) is 11.8 Å². The Morgan fingerprint density at radius 1 is 1.29 bits per heavy atom. The minimum absolute atomic E-state index is 0.00298. The normalized spacial score (nSPS) is 13.4. The Balaban J connectivity index is 3.19.